The zero-order valence-corrected chi connectivity index (χ0v) is 7.93. The summed E-state index contributed by atoms with van der Waals surface area (Å²) in [5, 5.41) is 0. The van der Waals surface area contributed by atoms with E-state index in [2.05, 4.69) is 25.7 Å². The van der Waals surface area contributed by atoms with Crippen LogP contribution < -0.4 is 0 Å². The summed E-state index contributed by atoms with van der Waals surface area (Å²) in [6.07, 6.45) is 4.34. The molecular weight excluding hydrogens is 134 g/mol. The molecule has 11 heavy (non-hydrogen) atoms. The van der Waals surface area contributed by atoms with E-state index in [0.29, 0.717) is 5.54 Å². The van der Waals surface area contributed by atoms with Gasteiger partial charge < -0.3 is 0 Å². The quantitative estimate of drug-likeness (QED) is 0.516. The van der Waals surface area contributed by atoms with Gasteiger partial charge in [0.2, 0.25) is 0 Å². The first-order chi connectivity index (χ1) is 5.12. The summed E-state index contributed by atoms with van der Waals surface area (Å²) in [5.74, 6) is 0.888. The number of nitrogens with zero attached hydrogens (tertiary/aromatic N) is 1. The number of rotatable bonds is 0. The van der Waals surface area contributed by atoms with Crippen molar-refractivity contribution in [2.24, 2.45) is 5.92 Å². The summed E-state index contributed by atoms with van der Waals surface area (Å²) >= 11 is 0. The second kappa shape index (κ2) is 2.22. The topological polar surface area (TPSA) is 3.24 Å². The lowest BCUT2D eigenvalue weighted by atomic mass is 9.73. The van der Waals surface area contributed by atoms with E-state index in [1.54, 1.807) is 0 Å². The predicted octanol–water partition coefficient (Wildman–Crippen LogP) is 2.27. The standard InChI is InChI=1S/C10H19N/c1-8-4-5-9-6-7-11(9)10(8,2)3/h8-9H,4-7H2,1-3H3. The van der Waals surface area contributed by atoms with E-state index >= 15 is 0 Å². The molecule has 1 heteroatoms. The number of hydrogen-bond donors (Lipinski definition) is 0. The third-order valence-corrected chi connectivity index (χ3v) is 4.02. The van der Waals surface area contributed by atoms with E-state index in [9.17, 15) is 0 Å². The lowest BCUT2D eigenvalue weighted by molar-refractivity contribution is -0.0759. The Hall–Kier alpha value is -0.0400. The van der Waals surface area contributed by atoms with Crippen LogP contribution in [0.3, 0.4) is 0 Å². The average Bonchev–Trinajstić information content (AvgIpc) is 1.81. The first-order valence-electron chi connectivity index (χ1n) is 4.89. The molecule has 0 aromatic rings. The highest BCUT2D eigenvalue weighted by molar-refractivity contribution is 5.00. The van der Waals surface area contributed by atoms with Crippen molar-refractivity contribution in [3.8, 4) is 0 Å². The second-order valence-corrected chi connectivity index (χ2v) is 4.77. The summed E-state index contributed by atoms with van der Waals surface area (Å²) in [4.78, 5) is 2.70. The highest BCUT2D eigenvalue weighted by Gasteiger charge is 2.45. The van der Waals surface area contributed by atoms with Gasteiger partial charge >= 0.3 is 0 Å². The van der Waals surface area contributed by atoms with Crippen molar-refractivity contribution < 1.29 is 0 Å². The van der Waals surface area contributed by atoms with Crippen LogP contribution >= 0.6 is 0 Å². The minimum absolute atomic E-state index is 0.487. The highest BCUT2D eigenvalue weighted by Crippen LogP contribution is 2.41. The van der Waals surface area contributed by atoms with Crippen LogP contribution in [0.4, 0.5) is 0 Å². The predicted molar refractivity (Wildman–Crippen MR) is 47.6 cm³/mol. The smallest absolute Gasteiger partial charge is 0.0181 e. The van der Waals surface area contributed by atoms with E-state index in [1.165, 1.54) is 25.8 Å². The van der Waals surface area contributed by atoms with E-state index in [4.69, 9.17) is 0 Å². The van der Waals surface area contributed by atoms with Crippen molar-refractivity contribution in [2.75, 3.05) is 6.54 Å². The fourth-order valence-electron chi connectivity index (χ4n) is 2.58. The van der Waals surface area contributed by atoms with E-state index in [-0.39, 0.29) is 0 Å². The maximum Gasteiger partial charge on any atom is 0.0181 e. The monoisotopic (exact) mass is 153 g/mol. The van der Waals surface area contributed by atoms with Crippen molar-refractivity contribution in [3.63, 3.8) is 0 Å². The number of piperidine rings is 1. The molecule has 2 atom stereocenters. The molecule has 0 bridgehead atoms. The van der Waals surface area contributed by atoms with Gasteiger partial charge in [0, 0.05) is 18.1 Å². The molecule has 2 heterocycles. The SMILES string of the molecule is CC1CCC2CCN2C1(C)C. The Labute approximate surface area is 69.8 Å². The zero-order chi connectivity index (χ0) is 8.06. The summed E-state index contributed by atoms with van der Waals surface area (Å²) in [6, 6.07) is 0.946. The molecule has 0 aliphatic carbocycles. The molecule has 2 saturated heterocycles. The van der Waals surface area contributed by atoms with Crippen LogP contribution in [-0.4, -0.2) is 23.0 Å². The van der Waals surface area contributed by atoms with Gasteiger partial charge in [-0.25, -0.2) is 0 Å². The van der Waals surface area contributed by atoms with Crippen LogP contribution in [0.2, 0.25) is 0 Å². The van der Waals surface area contributed by atoms with Crippen molar-refractivity contribution in [1.29, 1.82) is 0 Å². The zero-order valence-electron chi connectivity index (χ0n) is 7.93. The molecular formula is C10H19N. The van der Waals surface area contributed by atoms with Gasteiger partial charge in [-0.2, -0.15) is 0 Å². The largest absolute Gasteiger partial charge is 0.295 e. The lowest BCUT2D eigenvalue weighted by Crippen LogP contribution is -2.63. The Morgan fingerprint density at radius 3 is 2.36 bits per heavy atom. The molecule has 0 N–H and O–H groups in total. The van der Waals surface area contributed by atoms with Crippen molar-refractivity contribution >= 4 is 0 Å². The Morgan fingerprint density at radius 2 is 1.91 bits per heavy atom. The second-order valence-electron chi connectivity index (χ2n) is 4.77. The summed E-state index contributed by atoms with van der Waals surface area (Å²) in [7, 11) is 0. The molecule has 2 fully saturated rings. The molecule has 1 nitrogen and oxygen atoms in total. The van der Waals surface area contributed by atoms with Crippen LogP contribution in [0.25, 0.3) is 0 Å². The third kappa shape index (κ3) is 0.936. The van der Waals surface area contributed by atoms with Gasteiger partial charge in [0.1, 0.15) is 0 Å². The van der Waals surface area contributed by atoms with Gasteiger partial charge in [-0.15, -0.1) is 0 Å². The minimum atomic E-state index is 0.487. The molecule has 2 aliphatic heterocycles. The summed E-state index contributed by atoms with van der Waals surface area (Å²) in [5.41, 5.74) is 0.487. The van der Waals surface area contributed by atoms with Gasteiger partial charge in [0.25, 0.3) is 0 Å². The van der Waals surface area contributed by atoms with Gasteiger partial charge in [0.05, 0.1) is 0 Å². The van der Waals surface area contributed by atoms with Crippen LogP contribution in [0.5, 0.6) is 0 Å². The Morgan fingerprint density at radius 1 is 1.18 bits per heavy atom. The molecule has 0 aromatic carbocycles. The van der Waals surface area contributed by atoms with Crippen LogP contribution in [-0.2, 0) is 0 Å². The van der Waals surface area contributed by atoms with E-state index in [0.717, 1.165) is 12.0 Å². The summed E-state index contributed by atoms with van der Waals surface area (Å²) in [6.45, 7) is 8.56. The normalized spacial score (nSPS) is 42.8. The Bertz CT molecular complexity index is 162. The Balaban J connectivity index is 2.14. The van der Waals surface area contributed by atoms with Crippen LogP contribution in [0, 0.1) is 5.92 Å². The van der Waals surface area contributed by atoms with Crippen molar-refractivity contribution in [2.45, 2.75) is 51.6 Å². The molecule has 0 aromatic heterocycles. The molecule has 0 spiro atoms. The maximum atomic E-state index is 2.70. The maximum absolute atomic E-state index is 2.70. The Kier molecular flexibility index (Phi) is 1.54. The molecule has 0 amide bonds. The fourth-order valence-corrected chi connectivity index (χ4v) is 2.58. The molecule has 2 aliphatic rings. The average molecular weight is 153 g/mol. The van der Waals surface area contributed by atoms with Gasteiger partial charge in [-0.3, -0.25) is 4.90 Å². The molecule has 2 rings (SSSR count). The molecule has 0 radical (unpaired) electrons. The van der Waals surface area contributed by atoms with Gasteiger partial charge in [-0.1, -0.05) is 6.92 Å². The fraction of sp³-hybridized carbons (Fsp3) is 1.00. The van der Waals surface area contributed by atoms with Crippen molar-refractivity contribution in [1.82, 2.24) is 4.90 Å². The molecule has 0 saturated carbocycles. The van der Waals surface area contributed by atoms with Crippen LogP contribution in [0.15, 0.2) is 0 Å². The number of hydrogen-bond acceptors (Lipinski definition) is 1. The van der Waals surface area contributed by atoms with E-state index in [1.807, 2.05) is 0 Å². The summed E-state index contributed by atoms with van der Waals surface area (Å²) < 4.78 is 0. The minimum Gasteiger partial charge on any atom is -0.295 e. The first-order valence-corrected chi connectivity index (χ1v) is 4.89. The van der Waals surface area contributed by atoms with E-state index < -0.39 is 0 Å². The lowest BCUT2D eigenvalue weighted by Gasteiger charge is -2.57. The first kappa shape index (κ1) is 7.60. The van der Waals surface area contributed by atoms with Crippen LogP contribution in [0.1, 0.15) is 40.0 Å². The molecule has 64 valence electrons. The number of fused-ring (bicyclic) bond motifs is 1. The van der Waals surface area contributed by atoms with Crippen molar-refractivity contribution in [3.05, 3.63) is 0 Å². The highest BCUT2D eigenvalue weighted by atomic mass is 15.3. The van der Waals surface area contributed by atoms with Gasteiger partial charge in [0.15, 0.2) is 0 Å². The third-order valence-electron chi connectivity index (χ3n) is 4.02. The van der Waals surface area contributed by atoms with Gasteiger partial charge in [-0.05, 0) is 39.0 Å². The molecule has 2 unspecified atom stereocenters.